The van der Waals surface area contributed by atoms with Crippen molar-refractivity contribution in [2.24, 2.45) is 0 Å². The van der Waals surface area contributed by atoms with Crippen LogP contribution in [0.5, 0.6) is 5.75 Å². The number of benzene rings is 1. The Morgan fingerprint density at radius 1 is 1.35 bits per heavy atom. The van der Waals surface area contributed by atoms with Crippen LogP contribution in [0.4, 0.5) is 4.79 Å². The molecule has 1 heterocycles. The van der Waals surface area contributed by atoms with E-state index in [0.717, 1.165) is 6.42 Å². The summed E-state index contributed by atoms with van der Waals surface area (Å²) in [6, 6.07) is 7.25. The van der Waals surface area contributed by atoms with Gasteiger partial charge < -0.3 is 24.6 Å². The summed E-state index contributed by atoms with van der Waals surface area (Å²) >= 11 is 0. The number of amides is 1. The van der Waals surface area contributed by atoms with Crippen LogP contribution in [0.2, 0.25) is 0 Å². The molecule has 6 nitrogen and oxygen atoms in total. The number of nitrogens with one attached hydrogen (secondary N) is 1. The first-order chi connectivity index (χ1) is 9.72. The van der Waals surface area contributed by atoms with Crippen molar-refractivity contribution in [1.82, 2.24) is 5.32 Å². The average molecular weight is 281 g/mol. The highest BCUT2D eigenvalue weighted by Crippen LogP contribution is 2.15. The minimum Gasteiger partial charge on any atom is -0.490 e. The van der Waals surface area contributed by atoms with Crippen LogP contribution in [-0.2, 0) is 15.9 Å². The van der Waals surface area contributed by atoms with Crippen LogP contribution in [0.15, 0.2) is 24.3 Å². The molecular weight excluding hydrogens is 262 g/mol. The molecule has 2 atom stereocenters. The summed E-state index contributed by atoms with van der Waals surface area (Å²) in [6.45, 7) is 0.721. The van der Waals surface area contributed by atoms with Crippen LogP contribution in [-0.4, -0.2) is 50.3 Å². The maximum atomic E-state index is 11.1. The molecule has 0 spiro atoms. The van der Waals surface area contributed by atoms with Crippen LogP contribution < -0.4 is 10.1 Å². The number of aliphatic hydroxyl groups is 1. The number of alkyl carbamates (subject to hydrolysis) is 1. The predicted molar refractivity (Wildman–Crippen MR) is 71.8 cm³/mol. The maximum absolute atomic E-state index is 11.1. The van der Waals surface area contributed by atoms with Gasteiger partial charge in [0.1, 0.15) is 12.4 Å². The fourth-order valence-electron chi connectivity index (χ4n) is 1.96. The van der Waals surface area contributed by atoms with Crippen molar-refractivity contribution >= 4 is 6.09 Å². The summed E-state index contributed by atoms with van der Waals surface area (Å²) < 4.78 is 15.6. The minimum atomic E-state index is -0.521. The smallest absolute Gasteiger partial charge is 0.408 e. The van der Waals surface area contributed by atoms with Gasteiger partial charge >= 0.3 is 6.09 Å². The van der Waals surface area contributed by atoms with Gasteiger partial charge in [-0.2, -0.15) is 0 Å². The molecule has 6 heteroatoms. The van der Waals surface area contributed by atoms with Gasteiger partial charge in [0.15, 0.2) is 6.10 Å². The van der Waals surface area contributed by atoms with E-state index >= 15 is 0 Å². The van der Waals surface area contributed by atoms with Crippen molar-refractivity contribution in [3.8, 4) is 5.75 Å². The quantitative estimate of drug-likeness (QED) is 0.770. The van der Waals surface area contributed by atoms with Crippen molar-refractivity contribution in [3.63, 3.8) is 0 Å². The van der Waals surface area contributed by atoms with Gasteiger partial charge in [0.05, 0.1) is 19.3 Å². The Balaban J connectivity index is 1.83. The Hall–Kier alpha value is -1.79. The molecule has 0 bridgehead atoms. The molecule has 1 fully saturated rings. The second kappa shape index (κ2) is 7.12. The Kier molecular flexibility index (Phi) is 5.20. The number of rotatable bonds is 7. The third kappa shape index (κ3) is 3.85. The fraction of sp³-hybridized carbons (Fsp3) is 0.500. The molecular formula is C14H19NO5. The van der Waals surface area contributed by atoms with Gasteiger partial charge in [0, 0.05) is 7.11 Å². The standard InChI is InChI=1S/C14H19NO5/c1-18-7-6-10-2-4-11(5-3-10)19-9-13-12(8-16)15-14(17)20-13/h2-5,12-13,16H,6-9H2,1H3,(H,15,17)/t12-,13+/m0/s1. The molecule has 1 aliphatic heterocycles. The first-order valence-corrected chi connectivity index (χ1v) is 6.51. The highest BCUT2D eigenvalue weighted by atomic mass is 16.6. The van der Waals surface area contributed by atoms with Crippen molar-refractivity contribution in [2.45, 2.75) is 18.6 Å². The molecule has 110 valence electrons. The zero-order valence-corrected chi connectivity index (χ0v) is 11.4. The van der Waals surface area contributed by atoms with E-state index in [0.29, 0.717) is 12.4 Å². The van der Waals surface area contributed by atoms with Gasteiger partial charge in [-0.15, -0.1) is 0 Å². The van der Waals surface area contributed by atoms with Gasteiger partial charge in [0.25, 0.3) is 0 Å². The predicted octanol–water partition coefficient (Wildman–Crippen LogP) is 0.724. The minimum absolute atomic E-state index is 0.171. The SMILES string of the molecule is COCCc1ccc(OC[C@H]2OC(=O)N[C@H]2CO)cc1. The molecule has 1 aromatic rings. The number of aliphatic hydroxyl groups excluding tert-OH is 1. The van der Waals surface area contributed by atoms with Crippen molar-refractivity contribution in [3.05, 3.63) is 29.8 Å². The molecule has 2 rings (SSSR count). The molecule has 0 saturated carbocycles. The van der Waals surface area contributed by atoms with E-state index in [4.69, 9.17) is 19.3 Å². The van der Waals surface area contributed by atoms with Crippen LogP contribution in [0.1, 0.15) is 5.56 Å². The second-order valence-corrected chi connectivity index (χ2v) is 4.57. The van der Waals surface area contributed by atoms with E-state index in [-0.39, 0.29) is 13.2 Å². The lowest BCUT2D eigenvalue weighted by atomic mass is 10.1. The van der Waals surface area contributed by atoms with Gasteiger partial charge in [-0.05, 0) is 24.1 Å². The molecule has 0 unspecified atom stereocenters. The molecule has 1 saturated heterocycles. The van der Waals surface area contributed by atoms with E-state index < -0.39 is 18.2 Å². The molecule has 0 aromatic heterocycles. The third-order valence-electron chi connectivity index (χ3n) is 3.14. The van der Waals surface area contributed by atoms with Gasteiger partial charge in [-0.1, -0.05) is 12.1 Å². The first-order valence-electron chi connectivity index (χ1n) is 6.51. The summed E-state index contributed by atoms with van der Waals surface area (Å²) in [4.78, 5) is 11.1. The van der Waals surface area contributed by atoms with E-state index in [1.165, 1.54) is 5.56 Å². The van der Waals surface area contributed by atoms with Crippen LogP contribution in [0, 0.1) is 0 Å². The zero-order valence-electron chi connectivity index (χ0n) is 11.4. The lowest BCUT2D eigenvalue weighted by Crippen LogP contribution is -2.38. The monoisotopic (exact) mass is 281 g/mol. The molecule has 1 amide bonds. The summed E-state index contributed by atoms with van der Waals surface area (Å²) in [7, 11) is 1.67. The van der Waals surface area contributed by atoms with Gasteiger partial charge in [0.2, 0.25) is 0 Å². The Morgan fingerprint density at radius 3 is 2.75 bits per heavy atom. The van der Waals surface area contributed by atoms with E-state index in [1.54, 1.807) is 7.11 Å². The summed E-state index contributed by atoms with van der Waals surface area (Å²) in [6.07, 6.45) is -0.138. The largest absolute Gasteiger partial charge is 0.490 e. The number of cyclic esters (lactones) is 1. The molecule has 1 aliphatic rings. The summed E-state index contributed by atoms with van der Waals surface area (Å²) in [5.74, 6) is 0.700. The topological polar surface area (TPSA) is 77.0 Å². The lowest BCUT2D eigenvalue weighted by molar-refractivity contribution is 0.0797. The van der Waals surface area contributed by atoms with Crippen LogP contribution in [0.25, 0.3) is 0 Å². The fourth-order valence-corrected chi connectivity index (χ4v) is 1.96. The molecule has 0 aliphatic carbocycles. The second-order valence-electron chi connectivity index (χ2n) is 4.57. The molecule has 20 heavy (non-hydrogen) atoms. The lowest BCUT2D eigenvalue weighted by Gasteiger charge is -2.15. The van der Waals surface area contributed by atoms with Crippen molar-refractivity contribution in [2.75, 3.05) is 26.9 Å². The zero-order chi connectivity index (χ0) is 14.4. The summed E-state index contributed by atoms with van der Waals surface area (Å²) in [5.41, 5.74) is 1.17. The van der Waals surface area contributed by atoms with Gasteiger partial charge in [-0.25, -0.2) is 4.79 Å². The molecule has 0 radical (unpaired) electrons. The van der Waals surface area contributed by atoms with Crippen molar-refractivity contribution in [1.29, 1.82) is 0 Å². The summed E-state index contributed by atoms with van der Waals surface area (Å²) in [5, 5.41) is 11.6. The Labute approximate surface area is 117 Å². The number of methoxy groups -OCH3 is 1. The number of carbonyl (C=O) groups is 1. The highest BCUT2D eigenvalue weighted by molar-refractivity contribution is 5.70. The number of ether oxygens (including phenoxy) is 3. The maximum Gasteiger partial charge on any atom is 0.408 e. The average Bonchev–Trinajstić information content (AvgIpc) is 2.84. The number of carbonyl (C=O) groups excluding carboxylic acids is 1. The van der Waals surface area contributed by atoms with E-state index in [9.17, 15) is 4.79 Å². The first kappa shape index (κ1) is 14.6. The normalized spacial score (nSPS) is 21.4. The van der Waals surface area contributed by atoms with Crippen LogP contribution in [0.3, 0.4) is 0 Å². The third-order valence-corrected chi connectivity index (χ3v) is 3.14. The number of hydrogen-bond acceptors (Lipinski definition) is 5. The van der Waals surface area contributed by atoms with Gasteiger partial charge in [-0.3, -0.25) is 0 Å². The van der Waals surface area contributed by atoms with E-state index in [2.05, 4.69) is 5.32 Å². The molecule has 2 N–H and O–H groups in total. The Morgan fingerprint density at radius 2 is 2.10 bits per heavy atom. The molecule has 1 aromatic carbocycles. The number of hydrogen-bond donors (Lipinski definition) is 2. The van der Waals surface area contributed by atoms with E-state index in [1.807, 2.05) is 24.3 Å². The Bertz CT molecular complexity index is 434. The van der Waals surface area contributed by atoms with Crippen molar-refractivity contribution < 1.29 is 24.1 Å². The van der Waals surface area contributed by atoms with Crippen LogP contribution >= 0.6 is 0 Å². The highest BCUT2D eigenvalue weighted by Gasteiger charge is 2.33.